The molecule has 1 N–H and O–H groups in total. The Hall–Kier alpha value is -2.53. The maximum atomic E-state index is 12.5. The van der Waals surface area contributed by atoms with E-state index in [0.29, 0.717) is 12.1 Å². The van der Waals surface area contributed by atoms with Crippen LogP contribution in [-0.4, -0.2) is 21.9 Å². The van der Waals surface area contributed by atoms with E-state index in [1.807, 2.05) is 48.0 Å². The van der Waals surface area contributed by atoms with Gasteiger partial charge in [0.15, 0.2) is 0 Å². The molecule has 140 valence electrons. The summed E-state index contributed by atoms with van der Waals surface area (Å²) in [7, 11) is 0. The summed E-state index contributed by atoms with van der Waals surface area (Å²) in [5.41, 5.74) is 6.21. The summed E-state index contributed by atoms with van der Waals surface area (Å²) >= 11 is 1.75. The summed E-state index contributed by atoms with van der Waals surface area (Å²) in [6.45, 7) is 5.27. The molecule has 0 aliphatic carbocycles. The minimum atomic E-state index is -0.0486. The highest BCUT2D eigenvalue weighted by Gasteiger charge is 2.13. The fourth-order valence-electron chi connectivity index (χ4n) is 3.14. The largest absolute Gasteiger partial charge is 0.348 e. The molecular formula is C22H25N3OS. The van der Waals surface area contributed by atoms with Gasteiger partial charge >= 0.3 is 0 Å². The molecule has 3 rings (SSSR count). The molecule has 0 atom stereocenters. The van der Waals surface area contributed by atoms with Crippen LogP contribution in [0.15, 0.2) is 54.6 Å². The maximum absolute atomic E-state index is 12.5. The lowest BCUT2D eigenvalue weighted by molar-refractivity contribution is 0.0950. The minimum Gasteiger partial charge on any atom is -0.348 e. The summed E-state index contributed by atoms with van der Waals surface area (Å²) in [4.78, 5) is 12.5. The van der Waals surface area contributed by atoms with Crippen molar-refractivity contribution in [2.75, 3.05) is 6.26 Å². The fraction of sp³-hybridized carbons (Fsp3) is 0.273. The van der Waals surface area contributed by atoms with Gasteiger partial charge in [-0.2, -0.15) is 16.9 Å². The standard InChI is InChI=1S/C22H25N3OS/c1-16-21(17(2)25(24-16)14-18-8-5-4-6-9-18)13-23-22(26)20-11-7-10-19(12-20)15-27-3/h4-12H,13-15H2,1-3H3,(H,23,26). The Kier molecular flexibility index (Phi) is 6.35. The normalized spacial score (nSPS) is 10.8. The number of thioether (sulfide) groups is 1. The molecule has 0 spiro atoms. The summed E-state index contributed by atoms with van der Waals surface area (Å²) in [5.74, 6) is 0.860. The lowest BCUT2D eigenvalue weighted by Crippen LogP contribution is -2.23. The first-order valence-electron chi connectivity index (χ1n) is 9.01. The summed E-state index contributed by atoms with van der Waals surface area (Å²) in [6.07, 6.45) is 2.06. The van der Waals surface area contributed by atoms with Crippen LogP contribution in [0.5, 0.6) is 0 Å². The van der Waals surface area contributed by atoms with Gasteiger partial charge in [0.1, 0.15) is 0 Å². The van der Waals surface area contributed by atoms with E-state index in [-0.39, 0.29) is 5.91 Å². The van der Waals surface area contributed by atoms with Crippen molar-refractivity contribution in [3.63, 3.8) is 0 Å². The van der Waals surface area contributed by atoms with Gasteiger partial charge in [-0.3, -0.25) is 9.48 Å². The molecule has 0 saturated carbocycles. The molecule has 0 bridgehead atoms. The van der Waals surface area contributed by atoms with E-state index in [9.17, 15) is 4.79 Å². The van der Waals surface area contributed by atoms with Crippen molar-refractivity contribution >= 4 is 17.7 Å². The fourth-order valence-corrected chi connectivity index (χ4v) is 3.65. The molecule has 1 aromatic heterocycles. The van der Waals surface area contributed by atoms with Crippen LogP contribution < -0.4 is 5.32 Å². The maximum Gasteiger partial charge on any atom is 0.251 e. The zero-order valence-electron chi connectivity index (χ0n) is 16.0. The molecular weight excluding hydrogens is 354 g/mol. The monoisotopic (exact) mass is 379 g/mol. The van der Waals surface area contributed by atoms with Crippen molar-refractivity contribution in [3.05, 3.63) is 88.2 Å². The van der Waals surface area contributed by atoms with Crippen LogP contribution in [0.1, 0.15) is 38.4 Å². The van der Waals surface area contributed by atoms with Gasteiger partial charge in [-0.05, 0) is 43.4 Å². The van der Waals surface area contributed by atoms with Crippen LogP contribution in [0.25, 0.3) is 0 Å². The highest BCUT2D eigenvalue weighted by Crippen LogP contribution is 2.16. The van der Waals surface area contributed by atoms with Gasteiger partial charge < -0.3 is 5.32 Å². The summed E-state index contributed by atoms with van der Waals surface area (Å²) in [5, 5.41) is 7.70. The molecule has 3 aromatic rings. The third-order valence-corrected chi connectivity index (χ3v) is 5.25. The zero-order valence-corrected chi connectivity index (χ0v) is 16.8. The van der Waals surface area contributed by atoms with Gasteiger partial charge in [-0.25, -0.2) is 0 Å². The zero-order chi connectivity index (χ0) is 19.2. The first-order valence-corrected chi connectivity index (χ1v) is 10.4. The molecule has 0 fully saturated rings. The molecule has 0 radical (unpaired) electrons. The third-order valence-electron chi connectivity index (χ3n) is 4.63. The highest BCUT2D eigenvalue weighted by molar-refractivity contribution is 7.97. The molecule has 0 unspecified atom stereocenters. The minimum absolute atomic E-state index is 0.0486. The summed E-state index contributed by atoms with van der Waals surface area (Å²) < 4.78 is 2.01. The molecule has 2 aromatic carbocycles. The average Bonchev–Trinajstić information content (AvgIpc) is 2.94. The Morgan fingerprint density at radius 3 is 2.56 bits per heavy atom. The number of carbonyl (C=O) groups is 1. The van der Waals surface area contributed by atoms with Crippen LogP contribution in [0.4, 0.5) is 0 Å². The average molecular weight is 380 g/mol. The molecule has 0 saturated heterocycles. The van der Waals surface area contributed by atoms with Crippen molar-refractivity contribution < 1.29 is 4.79 Å². The lowest BCUT2D eigenvalue weighted by Gasteiger charge is -2.08. The van der Waals surface area contributed by atoms with Gasteiger partial charge in [0.25, 0.3) is 5.91 Å². The van der Waals surface area contributed by atoms with E-state index in [1.165, 1.54) is 5.56 Å². The van der Waals surface area contributed by atoms with E-state index in [2.05, 4.69) is 41.8 Å². The molecule has 4 nitrogen and oxygen atoms in total. The van der Waals surface area contributed by atoms with E-state index in [1.54, 1.807) is 11.8 Å². The number of benzene rings is 2. The quantitative estimate of drug-likeness (QED) is 0.664. The molecule has 0 aliphatic heterocycles. The molecule has 1 amide bonds. The first-order chi connectivity index (χ1) is 13.1. The number of nitrogens with zero attached hydrogens (tertiary/aromatic N) is 2. The number of amides is 1. The second-order valence-electron chi connectivity index (χ2n) is 6.61. The van der Waals surface area contributed by atoms with Crippen molar-refractivity contribution in [2.45, 2.75) is 32.7 Å². The first kappa shape index (κ1) is 19.2. The second kappa shape index (κ2) is 8.91. The van der Waals surface area contributed by atoms with Crippen LogP contribution in [0, 0.1) is 13.8 Å². The van der Waals surface area contributed by atoms with Gasteiger partial charge in [-0.15, -0.1) is 0 Å². The third kappa shape index (κ3) is 4.80. The Morgan fingerprint density at radius 2 is 1.81 bits per heavy atom. The molecule has 5 heteroatoms. The Labute approximate surface area is 165 Å². The highest BCUT2D eigenvalue weighted by atomic mass is 32.2. The van der Waals surface area contributed by atoms with Crippen LogP contribution in [0.2, 0.25) is 0 Å². The van der Waals surface area contributed by atoms with Crippen LogP contribution in [0.3, 0.4) is 0 Å². The SMILES string of the molecule is CSCc1cccc(C(=O)NCc2c(C)nn(Cc3ccccc3)c2C)c1. The van der Waals surface area contributed by atoms with Crippen molar-refractivity contribution in [1.29, 1.82) is 0 Å². The van der Waals surface area contributed by atoms with E-state index in [4.69, 9.17) is 0 Å². The van der Waals surface area contributed by atoms with E-state index < -0.39 is 0 Å². The molecule has 0 aliphatic rings. The Balaban J connectivity index is 1.69. The number of carbonyl (C=O) groups excluding carboxylic acids is 1. The Bertz CT molecular complexity index is 919. The van der Waals surface area contributed by atoms with E-state index in [0.717, 1.165) is 34.8 Å². The number of hydrogen-bond acceptors (Lipinski definition) is 3. The van der Waals surface area contributed by atoms with Gasteiger partial charge in [0, 0.05) is 29.1 Å². The van der Waals surface area contributed by atoms with Gasteiger partial charge in [-0.1, -0.05) is 42.5 Å². The molecule has 1 heterocycles. The van der Waals surface area contributed by atoms with Crippen molar-refractivity contribution in [3.8, 4) is 0 Å². The van der Waals surface area contributed by atoms with Gasteiger partial charge in [0.05, 0.1) is 12.2 Å². The number of hydrogen-bond donors (Lipinski definition) is 1. The summed E-state index contributed by atoms with van der Waals surface area (Å²) in [6, 6.07) is 18.1. The molecule has 27 heavy (non-hydrogen) atoms. The number of aromatic nitrogens is 2. The van der Waals surface area contributed by atoms with Gasteiger partial charge in [0.2, 0.25) is 0 Å². The Morgan fingerprint density at radius 1 is 1.07 bits per heavy atom. The predicted octanol–water partition coefficient (Wildman–Crippen LogP) is 4.34. The number of rotatable bonds is 7. The topological polar surface area (TPSA) is 46.9 Å². The number of aryl methyl sites for hydroxylation is 1. The van der Waals surface area contributed by atoms with Crippen molar-refractivity contribution in [1.82, 2.24) is 15.1 Å². The van der Waals surface area contributed by atoms with Crippen LogP contribution >= 0.6 is 11.8 Å². The van der Waals surface area contributed by atoms with Crippen LogP contribution in [-0.2, 0) is 18.8 Å². The second-order valence-corrected chi connectivity index (χ2v) is 7.47. The van der Waals surface area contributed by atoms with E-state index >= 15 is 0 Å². The lowest BCUT2D eigenvalue weighted by atomic mass is 10.1. The number of nitrogens with one attached hydrogen (secondary N) is 1. The smallest absolute Gasteiger partial charge is 0.251 e. The predicted molar refractivity (Wildman–Crippen MR) is 112 cm³/mol. The van der Waals surface area contributed by atoms with Crippen molar-refractivity contribution in [2.24, 2.45) is 0 Å².